The number of anilines is 1. The minimum Gasteiger partial charge on any atom is -0.377 e. The molecule has 0 radical (unpaired) electrons. The van der Waals surface area contributed by atoms with E-state index in [9.17, 15) is 4.39 Å². The summed E-state index contributed by atoms with van der Waals surface area (Å²) in [5.74, 6) is -0.160. The number of rotatable bonds is 1. The van der Waals surface area contributed by atoms with Gasteiger partial charge in [-0.1, -0.05) is 49.6 Å². The molecule has 1 fully saturated rings. The van der Waals surface area contributed by atoms with Crippen molar-refractivity contribution in [3.05, 3.63) is 65.5 Å². The van der Waals surface area contributed by atoms with Crippen molar-refractivity contribution >= 4 is 5.69 Å². The summed E-state index contributed by atoms with van der Waals surface area (Å²) in [6.45, 7) is 0. The van der Waals surface area contributed by atoms with Gasteiger partial charge in [0.2, 0.25) is 0 Å². The van der Waals surface area contributed by atoms with E-state index < -0.39 is 0 Å². The molecule has 0 amide bonds. The lowest BCUT2D eigenvalue weighted by Crippen LogP contribution is -2.34. The summed E-state index contributed by atoms with van der Waals surface area (Å²) in [6, 6.07) is 16.0. The van der Waals surface area contributed by atoms with E-state index in [0.717, 1.165) is 0 Å². The zero-order chi connectivity index (χ0) is 14.3. The molecule has 1 saturated carbocycles. The van der Waals surface area contributed by atoms with Gasteiger partial charge >= 0.3 is 0 Å². The molecule has 1 heterocycles. The molecule has 4 rings (SSSR count). The quantitative estimate of drug-likeness (QED) is 0.758. The first-order chi connectivity index (χ1) is 10.3. The Morgan fingerprint density at radius 3 is 2.38 bits per heavy atom. The number of hydrogen-bond acceptors (Lipinski definition) is 1. The Morgan fingerprint density at radius 1 is 0.905 bits per heavy atom. The highest BCUT2D eigenvalue weighted by molar-refractivity contribution is 5.63. The molecular weight excluding hydrogens is 261 g/mol. The van der Waals surface area contributed by atoms with Crippen LogP contribution < -0.4 is 5.32 Å². The third-order valence-corrected chi connectivity index (χ3v) is 5.27. The summed E-state index contributed by atoms with van der Waals surface area (Å²) < 4.78 is 13.2. The number of benzene rings is 2. The predicted octanol–water partition coefficient (Wildman–Crippen LogP) is 5.19. The number of halogens is 1. The van der Waals surface area contributed by atoms with E-state index in [0.29, 0.717) is 0 Å². The van der Waals surface area contributed by atoms with Crippen LogP contribution in [-0.2, 0) is 5.41 Å². The average molecular weight is 281 g/mol. The Kier molecular flexibility index (Phi) is 2.99. The molecule has 0 aromatic heterocycles. The van der Waals surface area contributed by atoms with Crippen molar-refractivity contribution in [1.82, 2.24) is 0 Å². The Balaban J connectivity index is 1.82. The van der Waals surface area contributed by atoms with Gasteiger partial charge in [-0.25, -0.2) is 4.39 Å². The molecule has 0 saturated heterocycles. The standard InChI is InChI=1S/C19H20FN/c20-15-10-8-14(9-11-15)18-19(12-4-1-5-13-19)16-6-2-3-7-17(16)21-18/h2-3,6-11,18,21H,1,4-5,12-13H2/t18-/m0/s1. The van der Waals surface area contributed by atoms with Crippen molar-refractivity contribution in [2.45, 2.75) is 43.6 Å². The summed E-state index contributed by atoms with van der Waals surface area (Å²) in [4.78, 5) is 0. The minimum absolute atomic E-state index is 0.160. The first-order valence-corrected chi connectivity index (χ1v) is 7.91. The zero-order valence-corrected chi connectivity index (χ0v) is 12.1. The molecule has 1 atom stereocenters. The first-order valence-electron chi connectivity index (χ1n) is 7.91. The summed E-state index contributed by atoms with van der Waals surface area (Å²) >= 11 is 0. The molecule has 108 valence electrons. The Morgan fingerprint density at radius 2 is 1.62 bits per heavy atom. The van der Waals surface area contributed by atoms with Gasteiger partial charge in [0, 0.05) is 11.1 Å². The molecule has 1 N–H and O–H groups in total. The summed E-state index contributed by atoms with van der Waals surface area (Å²) in [5.41, 5.74) is 4.11. The van der Waals surface area contributed by atoms with Crippen LogP contribution in [-0.4, -0.2) is 0 Å². The van der Waals surface area contributed by atoms with E-state index in [1.54, 1.807) is 12.1 Å². The van der Waals surface area contributed by atoms with Crippen LogP contribution in [0, 0.1) is 5.82 Å². The van der Waals surface area contributed by atoms with E-state index in [1.165, 1.54) is 48.9 Å². The summed E-state index contributed by atoms with van der Waals surface area (Å²) in [5, 5.41) is 3.71. The fourth-order valence-electron chi connectivity index (χ4n) is 4.29. The molecule has 2 heteroatoms. The molecule has 1 nitrogen and oxygen atoms in total. The second-order valence-electron chi connectivity index (χ2n) is 6.39. The topological polar surface area (TPSA) is 12.0 Å². The van der Waals surface area contributed by atoms with Crippen molar-refractivity contribution < 1.29 is 4.39 Å². The molecule has 2 aliphatic rings. The van der Waals surface area contributed by atoms with Gasteiger partial charge in [-0.2, -0.15) is 0 Å². The summed E-state index contributed by atoms with van der Waals surface area (Å²) in [7, 11) is 0. The third-order valence-electron chi connectivity index (χ3n) is 5.27. The van der Waals surface area contributed by atoms with Crippen LogP contribution in [0.3, 0.4) is 0 Å². The van der Waals surface area contributed by atoms with Crippen LogP contribution in [0.15, 0.2) is 48.5 Å². The monoisotopic (exact) mass is 281 g/mol. The van der Waals surface area contributed by atoms with Gasteiger partial charge in [-0.15, -0.1) is 0 Å². The lowest BCUT2D eigenvalue weighted by atomic mass is 9.65. The Bertz CT molecular complexity index is 641. The van der Waals surface area contributed by atoms with Crippen LogP contribution in [0.4, 0.5) is 10.1 Å². The van der Waals surface area contributed by atoms with Gasteiger partial charge in [0.15, 0.2) is 0 Å². The van der Waals surface area contributed by atoms with Crippen molar-refractivity contribution in [2.24, 2.45) is 0 Å². The van der Waals surface area contributed by atoms with Crippen molar-refractivity contribution in [3.8, 4) is 0 Å². The van der Waals surface area contributed by atoms with E-state index in [4.69, 9.17) is 0 Å². The number of nitrogens with one attached hydrogen (secondary N) is 1. The minimum atomic E-state index is -0.160. The largest absolute Gasteiger partial charge is 0.377 e. The lowest BCUT2D eigenvalue weighted by Gasteiger charge is -2.39. The molecule has 1 spiro atoms. The van der Waals surface area contributed by atoms with Crippen molar-refractivity contribution in [2.75, 3.05) is 5.32 Å². The maximum Gasteiger partial charge on any atom is 0.123 e. The molecule has 1 aliphatic heterocycles. The molecule has 2 aromatic carbocycles. The molecule has 0 unspecified atom stereocenters. The normalized spacial score (nSPS) is 22.8. The second-order valence-corrected chi connectivity index (χ2v) is 6.39. The highest BCUT2D eigenvalue weighted by atomic mass is 19.1. The Labute approximate surface area is 125 Å². The Hall–Kier alpha value is -1.83. The smallest absolute Gasteiger partial charge is 0.123 e. The highest BCUT2D eigenvalue weighted by Crippen LogP contribution is 2.55. The summed E-state index contributed by atoms with van der Waals surface area (Å²) in [6.07, 6.45) is 6.35. The molecule has 2 aromatic rings. The number of para-hydroxylation sites is 1. The van der Waals surface area contributed by atoms with Crippen LogP contribution in [0.2, 0.25) is 0 Å². The van der Waals surface area contributed by atoms with E-state index >= 15 is 0 Å². The lowest BCUT2D eigenvalue weighted by molar-refractivity contribution is 0.270. The average Bonchev–Trinajstić information content (AvgIpc) is 2.84. The van der Waals surface area contributed by atoms with Crippen molar-refractivity contribution in [1.29, 1.82) is 0 Å². The van der Waals surface area contributed by atoms with E-state index in [1.807, 2.05) is 12.1 Å². The van der Waals surface area contributed by atoms with Gasteiger partial charge < -0.3 is 5.32 Å². The maximum absolute atomic E-state index is 13.2. The van der Waals surface area contributed by atoms with Gasteiger partial charge in [0.25, 0.3) is 0 Å². The maximum atomic E-state index is 13.2. The zero-order valence-electron chi connectivity index (χ0n) is 12.1. The first kappa shape index (κ1) is 12.9. The fraction of sp³-hybridized carbons (Fsp3) is 0.368. The van der Waals surface area contributed by atoms with Gasteiger partial charge in [-0.3, -0.25) is 0 Å². The van der Waals surface area contributed by atoms with Crippen LogP contribution in [0.25, 0.3) is 0 Å². The number of fused-ring (bicyclic) bond motifs is 2. The molecular formula is C19H20FN. The van der Waals surface area contributed by atoms with Gasteiger partial charge in [-0.05, 0) is 42.2 Å². The van der Waals surface area contributed by atoms with E-state index in [-0.39, 0.29) is 17.3 Å². The SMILES string of the molecule is Fc1ccc([C@@H]2Nc3ccccc3C23CCCCC3)cc1. The highest BCUT2D eigenvalue weighted by Gasteiger charge is 2.47. The van der Waals surface area contributed by atoms with Crippen LogP contribution in [0.1, 0.15) is 49.3 Å². The van der Waals surface area contributed by atoms with Crippen LogP contribution in [0.5, 0.6) is 0 Å². The second kappa shape index (κ2) is 4.87. The fourth-order valence-corrected chi connectivity index (χ4v) is 4.29. The molecule has 1 aliphatic carbocycles. The molecule has 0 bridgehead atoms. The predicted molar refractivity (Wildman–Crippen MR) is 84.0 cm³/mol. The number of hydrogen-bond donors (Lipinski definition) is 1. The van der Waals surface area contributed by atoms with E-state index in [2.05, 4.69) is 29.6 Å². The van der Waals surface area contributed by atoms with Crippen molar-refractivity contribution in [3.63, 3.8) is 0 Å². The van der Waals surface area contributed by atoms with Gasteiger partial charge in [0.05, 0.1) is 6.04 Å². The van der Waals surface area contributed by atoms with Crippen LogP contribution >= 0.6 is 0 Å². The molecule has 21 heavy (non-hydrogen) atoms. The third kappa shape index (κ3) is 1.97. The van der Waals surface area contributed by atoms with Gasteiger partial charge in [0.1, 0.15) is 5.82 Å².